The summed E-state index contributed by atoms with van der Waals surface area (Å²) in [5.41, 5.74) is 2.55. The SMILES string of the molecule is CCOC(=O)c1ccc(C(C(C)=O)[Si](C)(C)C)c(C)c1. The van der Waals surface area contributed by atoms with Crippen LogP contribution >= 0.6 is 0 Å². The quantitative estimate of drug-likeness (QED) is 0.613. The van der Waals surface area contributed by atoms with Crippen LogP contribution in [0.5, 0.6) is 0 Å². The summed E-state index contributed by atoms with van der Waals surface area (Å²) in [6.07, 6.45) is 0. The Morgan fingerprint density at radius 2 is 1.85 bits per heavy atom. The van der Waals surface area contributed by atoms with Crippen molar-refractivity contribution in [1.29, 1.82) is 0 Å². The third kappa shape index (κ3) is 3.79. The molecule has 0 spiro atoms. The molecule has 0 aliphatic carbocycles. The number of ether oxygens (including phenoxy) is 1. The fourth-order valence-corrected chi connectivity index (χ4v) is 5.11. The van der Waals surface area contributed by atoms with E-state index in [1.807, 2.05) is 19.1 Å². The molecule has 0 N–H and O–H groups in total. The highest BCUT2D eigenvalue weighted by Gasteiger charge is 2.33. The Kier molecular flexibility index (Phi) is 5.28. The van der Waals surface area contributed by atoms with Crippen molar-refractivity contribution in [3.63, 3.8) is 0 Å². The van der Waals surface area contributed by atoms with Crippen molar-refractivity contribution >= 4 is 19.8 Å². The zero-order chi connectivity index (χ0) is 15.5. The van der Waals surface area contributed by atoms with Gasteiger partial charge in [-0.2, -0.15) is 0 Å². The van der Waals surface area contributed by atoms with Crippen LogP contribution in [0.25, 0.3) is 0 Å². The van der Waals surface area contributed by atoms with E-state index in [2.05, 4.69) is 19.6 Å². The summed E-state index contributed by atoms with van der Waals surface area (Å²) in [6, 6.07) is 5.49. The molecular formula is C16H24O3Si. The topological polar surface area (TPSA) is 43.4 Å². The lowest BCUT2D eigenvalue weighted by Gasteiger charge is -2.28. The molecule has 0 heterocycles. The number of Topliss-reactive ketones (excluding diaryl/α,β-unsaturated/α-hetero) is 1. The minimum atomic E-state index is -1.65. The van der Waals surface area contributed by atoms with Crippen molar-refractivity contribution in [3.05, 3.63) is 34.9 Å². The van der Waals surface area contributed by atoms with Crippen molar-refractivity contribution in [2.75, 3.05) is 6.61 Å². The van der Waals surface area contributed by atoms with Crippen LogP contribution in [0.4, 0.5) is 0 Å². The minimum absolute atomic E-state index is 0.0289. The summed E-state index contributed by atoms with van der Waals surface area (Å²) in [4.78, 5) is 23.7. The van der Waals surface area contributed by atoms with Crippen molar-refractivity contribution in [2.45, 2.75) is 46.0 Å². The first kappa shape index (κ1) is 16.6. The van der Waals surface area contributed by atoms with Gasteiger partial charge in [0.25, 0.3) is 0 Å². The van der Waals surface area contributed by atoms with Gasteiger partial charge < -0.3 is 4.74 Å². The molecule has 4 heteroatoms. The average Bonchev–Trinajstić information content (AvgIpc) is 2.29. The molecule has 0 amide bonds. The summed E-state index contributed by atoms with van der Waals surface area (Å²) in [6.45, 7) is 12.3. The highest BCUT2D eigenvalue weighted by molar-refractivity contribution is 6.80. The van der Waals surface area contributed by atoms with Crippen LogP contribution in [-0.4, -0.2) is 26.4 Å². The smallest absolute Gasteiger partial charge is 0.338 e. The molecule has 0 aliphatic heterocycles. The van der Waals surface area contributed by atoms with E-state index >= 15 is 0 Å². The average molecular weight is 292 g/mol. The molecule has 1 atom stereocenters. The van der Waals surface area contributed by atoms with Crippen LogP contribution in [0.1, 0.15) is 40.9 Å². The lowest BCUT2D eigenvalue weighted by Crippen LogP contribution is -2.36. The Morgan fingerprint density at radius 3 is 2.25 bits per heavy atom. The Balaban J connectivity index is 3.21. The molecule has 0 aromatic heterocycles. The summed E-state index contributed by atoms with van der Waals surface area (Å²) in [5.74, 6) is -0.106. The van der Waals surface area contributed by atoms with Gasteiger partial charge in [-0.15, -0.1) is 0 Å². The van der Waals surface area contributed by atoms with E-state index in [0.717, 1.165) is 11.1 Å². The van der Waals surface area contributed by atoms with Gasteiger partial charge in [-0.25, -0.2) is 4.79 Å². The normalized spacial score (nSPS) is 12.9. The number of benzene rings is 1. The number of aryl methyl sites for hydroxylation is 1. The highest BCUT2D eigenvalue weighted by atomic mass is 28.3. The van der Waals surface area contributed by atoms with Crippen molar-refractivity contribution in [1.82, 2.24) is 0 Å². The Labute approximate surface area is 122 Å². The second-order valence-electron chi connectivity index (χ2n) is 6.20. The summed E-state index contributed by atoms with van der Waals surface area (Å²) in [5, 5.41) is 0. The van der Waals surface area contributed by atoms with Crippen LogP contribution < -0.4 is 0 Å². The van der Waals surface area contributed by atoms with Crippen LogP contribution in [0.3, 0.4) is 0 Å². The number of rotatable bonds is 5. The summed E-state index contributed by atoms with van der Waals surface area (Å²) >= 11 is 0. The Bertz CT molecular complexity index is 515. The fraction of sp³-hybridized carbons (Fsp3) is 0.500. The van der Waals surface area contributed by atoms with Gasteiger partial charge in [0, 0.05) is 5.54 Å². The Hall–Kier alpha value is -1.42. The van der Waals surface area contributed by atoms with Crippen molar-refractivity contribution in [3.8, 4) is 0 Å². The van der Waals surface area contributed by atoms with Crippen LogP contribution in [0.15, 0.2) is 18.2 Å². The summed E-state index contributed by atoms with van der Waals surface area (Å²) < 4.78 is 5.00. The van der Waals surface area contributed by atoms with E-state index in [1.165, 1.54) is 0 Å². The first-order valence-corrected chi connectivity index (χ1v) is 10.5. The third-order valence-corrected chi connectivity index (χ3v) is 5.81. The maximum absolute atomic E-state index is 12.0. The molecule has 1 aromatic carbocycles. The van der Waals surface area contributed by atoms with Gasteiger partial charge in [-0.1, -0.05) is 25.7 Å². The Morgan fingerprint density at radius 1 is 1.25 bits per heavy atom. The number of esters is 1. The van der Waals surface area contributed by atoms with E-state index in [4.69, 9.17) is 4.74 Å². The van der Waals surface area contributed by atoms with Crippen LogP contribution in [0, 0.1) is 6.92 Å². The van der Waals surface area contributed by atoms with E-state index < -0.39 is 8.07 Å². The molecule has 1 rings (SSSR count). The maximum atomic E-state index is 12.0. The standard InChI is InChI=1S/C16H24O3Si/c1-7-19-16(18)13-8-9-14(11(2)10-13)15(12(3)17)20(4,5)6/h8-10,15H,7H2,1-6H3. The van der Waals surface area contributed by atoms with Gasteiger partial charge in [0.1, 0.15) is 5.78 Å². The van der Waals surface area contributed by atoms with Gasteiger partial charge in [0.15, 0.2) is 0 Å². The molecule has 0 bridgehead atoms. The zero-order valence-electron chi connectivity index (χ0n) is 13.2. The molecule has 0 aliphatic rings. The first-order chi connectivity index (χ1) is 9.18. The molecule has 20 heavy (non-hydrogen) atoms. The number of carbonyl (C=O) groups excluding carboxylic acids is 2. The van der Waals surface area contributed by atoms with Crippen molar-refractivity contribution in [2.24, 2.45) is 0 Å². The molecule has 0 fully saturated rings. The molecule has 0 radical (unpaired) electrons. The first-order valence-electron chi connectivity index (χ1n) is 6.96. The lowest BCUT2D eigenvalue weighted by atomic mass is 10.0. The van der Waals surface area contributed by atoms with E-state index in [1.54, 1.807) is 19.9 Å². The number of carbonyl (C=O) groups is 2. The second kappa shape index (κ2) is 6.35. The third-order valence-electron chi connectivity index (χ3n) is 3.36. The molecular weight excluding hydrogens is 268 g/mol. The molecule has 0 saturated carbocycles. The maximum Gasteiger partial charge on any atom is 0.338 e. The predicted octanol–water partition coefficient (Wildman–Crippen LogP) is 3.72. The fourth-order valence-electron chi connectivity index (χ4n) is 2.64. The monoisotopic (exact) mass is 292 g/mol. The number of hydrogen-bond donors (Lipinski definition) is 0. The van der Waals surface area contributed by atoms with Crippen molar-refractivity contribution < 1.29 is 14.3 Å². The molecule has 1 unspecified atom stereocenters. The minimum Gasteiger partial charge on any atom is -0.462 e. The van der Waals surface area contributed by atoms with Gasteiger partial charge >= 0.3 is 5.97 Å². The predicted molar refractivity (Wildman–Crippen MR) is 83.9 cm³/mol. The molecule has 110 valence electrons. The van der Waals surface area contributed by atoms with Crippen LogP contribution in [-0.2, 0) is 9.53 Å². The second-order valence-corrected chi connectivity index (χ2v) is 11.5. The number of ketones is 1. The van der Waals surface area contributed by atoms with E-state index in [-0.39, 0.29) is 17.3 Å². The van der Waals surface area contributed by atoms with Gasteiger partial charge in [0.2, 0.25) is 0 Å². The summed E-state index contributed by atoms with van der Waals surface area (Å²) in [7, 11) is -1.65. The zero-order valence-corrected chi connectivity index (χ0v) is 14.2. The van der Waals surface area contributed by atoms with Gasteiger partial charge in [0.05, 0.1) is 20.2 Å². The number of hydrogen-bond acceptors (Lipinski definition) is 3. The van der Waals surface area contributed by atoms with Crippen LogP contribution in [0.2, 0.25) is 19.6 Å². The van der Waals surface area contributed by atoms with E-state index in [0.29, 0.717) is 12.2 Å². The molecule has 3 nitrogen and oxygen atoms in total. The largest absolute Gasteiger partial charge is 0.462 e. The lowest BCUT2D eigenvalue weighted by molar-refractivity contribution is -0.116. The van der Waals surface area contributed by atoms with E-state index in [9.17, 15) is 9.59 Å². The molecule has 0 saturated heterocycles. The van der Waals surface area contributed by atoms with Gasteiger partial charge in [-0.05, 0) is 44.0 Å². The highest BCUT2D eigenvalue weighted by Crippen LogP contribution is 2.30. The molecule has 1 aromatic rings. The van der Waals surface area contributed by atoms with Gasteiger partial charge in [-0.3, -0.25) is 4.79 Å².